The van der Waals surface area contributed by atoms with Gasteiger partial charge in [0.2, 0.25) is 5.91 Å². The van der Waals surface area contributed by atoms with Gasteiger partial charge in [-0.2, -0.15) is 0 Å². The Labute approximate surface area is 222 Å². The highest BCUT2D eigenvalue weighted by atomic mass is 16.5. The number of para-hydroxylation sites is 1. The third-order valence-electron chi connectivity index (χ3n) is 7.43. The lowest BCUT2D eigenvalue weighted by Gasteiger charge is -2.43. The molecule has 3 amide bonds. The van der Waals surface area contributed by atoms with E-state index in [0.29, 0.717) is 49.6 Å². The summed E-state index contributed by atoms with van der Waals surface area (Å²) in [4.78, 5) is 45.5. The fraction of sp³-hybridized carbons (Fsp3) is 0.300. The molecule has 0 saturated carbocycles. The molecule has 0 radical (unpaired) electrons. The number of carbonyl (C=O) groups is 3. The molecule has 2 aliphatic heterocycles. The molecular weight excluding hydrogens is 480 g/mol. The van der Waals surface area contributed by atoms with E-state index in [1.54, 1.807) is 41.2 Å². The molecule has 5 rings (SSSR count). The van der Waals surface area contributed by atoms with Crippen molar-refractivity contribution < 1.29 is 19.1 Å². The second-order valence-electron chi connectivity index (χ2n) is 9.88. The average molecular weight is 513 g/mol. The first kappa shape index (κ1) is 25.3. The number of piperidine rings is 1. The highest BCUT2D eigenvalue weighted by Crippen LogP contribution is 2.39. The van der Waals surface area contributed by atoms with Crippen LogP contribution in [0.2, 0.25) is 0 Å². The van der Waals surface area contributed by atoms with Crippen LogP contribution < -0.4 is 15.0 Å². The third-order valence-corrected chi connectivity index (χ3v) is 7.43. The van der Waals surface area contributed by atoms with Crippen molar-refractivity contribution in [3.05, 3.63) is 90.0 Å². The number of benzene rings is 3. The summed E-state index contributed by atoms with van der Waals surface area (Å²) in [5.74, 6) is 0.327. The zero-order valence-corrected chi connectivity index (χ0v) is 21.7. The zero-order valence-electron chi connectivity index (χ0n) is 21.7. The number of hydrogen-bond acceptors (Lipinski definition) is 5. The Kier molecular flexibility index (Phi) is 7.05. The molecule has 2 aliphatic rings. The van der Waals surface area contributed by atoms with Crippen LogP contribution in [0.5, 0.6) is 5.75 Å². The van der Waals surface area contributed by atoms with Crippen molar-refractivity contribution in [2.24, 2.45) is 0 Å². The Hall–Kier alpha value is -4.33. The van der Waals surface area contributed by atoms with Gasteiger partial charge in [-0.1, -0.05) is 30.3 Å². The molecule has 0 unspecified atom stereocenters. The summed E-state index contributed by atoms with van der Waals surface area (Å²) in [6.07, 6.45) is 0.969. The van der Waals surface area contributed by atoms with E-state index in [4.69, 9.17) is 4.74 Å². The van der Waals surface area contributed by atoms with Gasteiger partial charge in [0.1, 0.15) is 17.8 Å². The molecule has 3 aromatic carbocycles. The van der Waals surface area contributed by atoms with Gasteiger partial charge in [-0.3, -0.25) is 14.4 Å². The Morgan fingerprint density at radius 3 is 2.32 bits per heavy atom. The smallest absolute Gasteiger partial charge is 0.253 e. The molecule has 196 valence electrons. The first-order valence-electron chi connectivity index (χ1n) is 12.8. The van der Waals surface area contributed by atoms with Crippen LogP contribution in [0, 0.1) is 6.92 Å². The Bertz CT molecular complexity index is 1320. The monoisotopic (exact) mass is 512 g/mol. The van der Waals surface area contributed by atoms with E-state index in [2.05, 4.69) is 10.2 Å². The summed E-state index contributed by atoms with van der Waals surface area (Å²) >= 11 is 0. The number of methoxy groups -OCH3 is 1. The quantitative estimate of drug-likeness (QED) is 0.541. The summed E-state index contributed by atoms with van der Waals surface area (Å²) in [6, 6.07) is 24.5. The first-order valence-corrected chi connectivity index (χ1v) is 12.8. The lowest BCUT2D eigenvalue weighted by atomic mass is 9.85. The Balaban J connectivity index is 1.32. The molecule has 0 aromatic heterocycles. The highest BCUT2D eigenvalue weighted by Gasteiger charge is 2.54. The van der Waals surface area contributed by atoms with Crippen molar-refractivity contribution in [3.8, 4) is 5.75 Å². The zero-order chi connectivity index (χ0) is 26.7. The maximum absolute atomic E-state index is 13.9. The Morgan fingerprint density at radius 2 is 1.66 bits per heavy atom. The molecule has 0 atom stereocenters. The first-order chi connectivity index (χ1) is 18.4. The van der Waals surface area contributed by atoms with Gasteiger partial charge in [0, 0.05) is 30.0 Å². The van der Waals surface area contributed by atoms with Crippen molar-refractivity contribution >= 4 is 29.1 Å². The van der Waals surface area contributed by atoms with Crippen LogP contribution in [0.1, 0.15) is 28.8 Å². The fourth-order valence-corrected chi connectivity index (χ4v) is 5.41. The minimum absolute atomic E-state index is 0.0354. The number of ether oxygens (including phenoxy) is 1. The highest BCUT2D eigenvalue weighted by molar-refractivity contribution is 6.00. The second kappa shape index (κ2) is 10.6. The standard InChI is InChI=1S/C30H32N4O4/c1-22-7-6-8-24(19-22)31-27(35)20-33-21-34(25-9-4-3-5-10-25)30(29(33)37)15-17-32(18-16-30)28(36)23-11-13-26(38-2)14-12-23/h3-14,19H,15-18,20-21H2,1-2H3,(H,31,35). The van der Waals surface area contributed by atoms with Gasteiger partial charge < -0.3 is 24.8 Å². The number of anilines is 2. The van der Waals surface area contributed by atoms with E-state index in [1.807, 2.05) is 61.5 Å². The summed E-state index contributed by atoms with van der Waals surface area (Å²) in [5.41, 5.74) is 2.47. The summed E-state index contributed by atoms with van der Waals surface area (Å²) in [7, 11) is 1.59. The van der Waals surface area contributed by atoms with Gasteiger partial charge >= 0.3 is 0 Å². The van der Waals surface area contributed by atoms with Gasteiger partial charge in [-0.25, -0.2) is 0 Å². The molecule has 8 heteroatoms. The van der Waals surface area contributed by atoms with E-state index in [0.717, 1.165) is 11.3 Å². The topological polar surface area (TPSA) is 82.2 Å². The predicted molar refractivity (Wildman–Crippen MR) is 146 cm³/mol. The maximum Gasteiger partial charge on any atom is 0.253 e. The number of amides is 3. The van der Waals surface area contributed by atoms with Crippen molar-refractivity contribution in [2.75, 3.05) is 43.6 Å². The summed E-state index contributed by atoms with van der Waals surface area (Å²) < 4.78 is 5.20. The van der Waals surface area contributed by atoms with Crippen LogP contribution in [0.15, 0.2) is 78.9 Å². The van der Waals surface area contributed by atoms with Crippen molar-refractivity contribution in [1.82, 2.24) is 9.80 Å². The number of rotatable bonds is 6. The molecule has 8 nitrogen and oxygen atoms in total. The summed E-state index contributed by atoms with van der Waals surface area (Å²) in [6.45, 7) is 3.14. The number of hydrogen-bond donors (Lipinski definition) is 1. The van der Waals surface area contributed by atoms with Crippen LogP contribution in [0.25, 0.3) is 0 Å². The van der Waals surface area contributed by atoms with Crippen molar-refractivity contribution in [1.29, 1.82) is 0 Å². The molecule has 2 fully saturated rings. The predicted octanol–water partition coefficient (Wildman–Crippen LogP) is 3.92. The molecule has 0 bridgehead atoms. The van der Waals surface area contributed by atoms with Crippen molar-refractivity contribution in [2.45, 2.75) is 25.3 Å². The van der Waals surface area contributed by atoms with Crippen LogP contribution in [-0.4, -0.2) is 66.5 Å². The Morgan fingerprint density at radius 1 is 0.947 bits per heavy atom. The number of likely N-dealkylation sites (tertiary alicyclic amines) is 1. The van der Waals surface area contributed by atoms with Gasteiger partial charge in [-0.15, -0.1) is 0 Å². The molecular formula is C30H32N4O4. The van der Waals surface area contributed by atoms with E-state index in [-0.39, 0.29) is 24.3 Å². The lowest BCUT2D eigenvalue weighted by molar-refractivity contribution is -0.136. The van der Waals surface area contributed by atoms with Gasteiger partial charge in [0.15, 0.2) is 0 Å². The van der Waals surface area contributed by atoms with E-state index < -0.39 is 5.54 Å². The average Bonchev–Trinajstić information content (AvgIpc) is 3.19. The summed E-state index contributed by atoms with van der Waals surface area (Å²) in [5, 5.41) is 2.91. The number of carbonyl (C=O) groups excluding carboxylic acids is 3. The largest absolute Gasteiger partial charge is 0.497 e. The fourth-order valence-electron chi connectivity index (χ4n) is 5.41. The van der Waals surface area contributed by atoms with E-state index in [9.17, 15) is 14.4 Å². The van der Waals surface area contributed by atoms with Crippen LogP contribution in [0.3, 0.4) is 0 Å². The number of nitrogens with zero attached hydrogens (tertiary/aromatic N) is 3. The van der Waals surface area contributed by atoms with E-state index >= 15 is 0 Å². The SMILES string of the molecule is COc1ccc(C(=O)N2CCC3(CC2)C(=O)N(CC(=O)Nc2cccc(C)c2)CN3c2ccccc2)cc1. The third kappa shape index (κ3) is 4.94. The molecule has 2 heterocycles. The molecule has 1 spiro atoms. The minimum Gasteiger partial charge on any atom is -0.497 e. The molecule has 38 heavy (non-hydrogen) atoms. The normalized spacial score (nSPS) is 16.6. The number of nitrogens with one attached hydrogen (secondary N) is 1. The van der Waals surface area contributed by atoms with Gasteiger partial charge in [0.25, 0.3) is 11.8 Å². The van der Waals surface area contributed by atoms with Crippen molar-refractivity contribution in [3.63, 3.8) is 0 Å². The molecule has 0 aliphatic carbocycles. The molecule has 1 N–H and O–H groups in total. The van der Waals surface area contributed by atoms with Gasteiger partial charge in [0.05, 0.1) is 13.8 Å². The maximum atomic E-state index is 13.9. The van der Waals surface area contributed by atoms with Crippen LogP contribution >= 0.6 is 0 Å². The number of aryl methyl sites for hydroxylation is 1. The van der Waals surface area contributed by atoms with E-state index in [1.165, 1.54) is 0 Å². The van der Waals surface area contributed by atoms with Crippen LogP contribution in [0.4, 0.5) is 11.4 Å². The lowest BCUT2D eigenvalue weighted by Crippen LogP contribution is -2.57. The van der Waals surface area contributed by atoms with Crippen LogP contribution in [-0.2, 0) is 9.59 Å². The molecule has 2 saturated heterocycles. The minimum atomic E-state index is -0.804. The van der Waals surface area contributed by atoms with Gasteiger partial charge in [-0.05, 0) is 73.9 Å². The second-order valence-corrected chi connectivity index (χ2v) is 9.88. The molecule has 3 aromatic rings.